The summed E-state index contributed by atoms with van der Waals surface area (Å²) in [5.41, 5.74) is -5.65. The summed E-state index contributed by atoms with van der Waals surface area (Å²) in [7, 11) is -6.09. The van der Waals surface area contributed by atoms with Crippen LogP contribution in [0.15, 0.2) is 121 Å². The summed E-state index contributed by atoms with van der Waals surface area (Å²) in [5.74, 6) is 0. The van der Waals surface area contributed by atoms with E-state index < -0.39 is 29.8 Å². The number of benzene rings is 4. The Morgan fingerprint density at radius 3 is 0.756 bits per heavy atom. The zero-order valence-electron chi connectivity index (χ0n) is 20.3. The van der Waals surface area contributed by atoms with Crippen molar-refractivity contribution in [2.75, 3.05) is 0 Å². The molecule has 4 rings (SSSR count). The van der Waals surface area contributed by atoms with Crippen LogP contribution in [0.1, 0.15) is 0 Å². The van der Waals surface area contributed by atoms with Crippen LogP contribution in [0.5, 0.6) is 0 Å². The molecule has 0 aliphatic rings. The number of hydrogen-bond acceptors (Lipinski definition) is 3. The number of rotatable bonds is 4. The first-order chi connectivity index (χ1) is 18.6. The van der Waals surface area contributed by atoms with E-state index in [0.717, 1.165) is 0 Å². The van der Waals surface area contributed by atoms with E-state index >= 15 is 0 Å². The number of alkyl halides is 3. The van der Waals surface area contributed by atoms with Crippen molar-refractivity contribution < 1.29 is 89.4 Å². The number of halogens is 11. The van der Waals surface area contributed by atoms with Crippen molar-refractivity contribution >= 4 is 24.3 Å². The Morgan fingerprint density at radius 1 is 0.488 bits per heavy atom. The molecule has 3 nitrogen and oxygen atoms in total. The van der Waals surface area contributed by atoms with Crippen molar-refractivity contribution in [1.29, 1.82) is 0 Å². The smallest absolute Gasteiger partial charge is 0.485 e. The molecule has 0 spiro atoms. The molecule has 41 heavy (non-hydrogen) atoms. The molecule has 0 aliphatic carbocycles. The fourth-order valence-corrected chi connectivity index (χ4v) is 6.70. The van der Waals surface area contributed by atoms with E-state index in [1.54, 1.807) is 0 Å². The largest absolute Gasteiger partial charge is 0.741 e. The van der Waals surface area contributed by atoms with Crippen molar-refractivity contribution in [3.63, 3.8) is 0 Å². The van der Waals surface area contributed by atoms with E-state index in [2.05, 4.69) is 121 Å². The summed E-state index contributed by atoms with van der Waals surface area (Å²) < 4.78 is 124. The van der Waals surface area contributed by atoms with Crippen LogP contribution < -0.4 is 42.4 Å². The van der Waals surface area contributed by atoms with Crippen LogP contribution in [0.2, 0.25) is 0 Å². The zero-order valence-corrected chi connectivity index (χ0v) is 27.3. The van der Waals surface area contributed by atoms with Crippen LogP contribution in [0.3, 0.4) is 0 Å². The van der Waals surface area contributed by atoms with Gasteiger partial charge in [-0.1, -0.05) is 72.8 Å². The first-order valence-electron chi connectivity index (χ1n) is 10.7. The Kier molecular flexibility index (Phi) is 13.7. The molecular formula is C25H20AsF9I2O3S. The summed E-state index contributed by atoms with van der Waals surface area (Å²) in [6, 6.07) is 42.8. The quantitative estimate of drug-likeness (QED) is 0.104. The van der Waals surface area contributed by atoms with Crippen LogP contribution >= 0.6 is 0 Å². The molecule has 0 saturated carbocycles. The second-order valence-corrected chi connectivity index (χ2v) is 18.7. The molecular weight excluding hydrogens is 880 g/mol. The number of hydrogen-bond donors (Lipinski definition) is 0. The van der Waals surface area contributed by atoms with Gasteiger partial charge in [0.1, 0.15) is 0 Å². The van der Waals surface area contributed by atoms with Crippen molar-refractivity contribution in [3.05, 3.63) is 136 Å². The van der Waals surface area contributed by atoms with Crippen molar-refractivity contribution in [2.45, 2.75) is 5.51 Å². The Labute approximate surface area is 252 Å². The fourth-order valence-electron chi connectivity index (χ4n) is 2.16. The molecule has 0 heterocycles. The maximum absolute atomic E-state index is 11.1. The van der Waals surface area contributed by atoms with Crippen molar-refractivity contribution in [2.24, 2.45) is 0 Å². The van der Waals surface area contributed by atoms with E-state index in [9.17, 15) is 34.0 Å². The Bertz CT molecular complexity index is 1250. The molecule has 0 saturated heterocycles. The molecule has 0 unspecified atom stereocenters. The minimum absolute atomic E-state index is 0.0287. The van der Waals surface area contributed by atoms with Gasteiger partial charge in [-0.2, -0.15) is 13.2 Å². The van der Waals surface area contributed by atoms with Crippen LogP contribution in [0.4, 0.5) is 34.0 Å². The Hall–Kier alpha value is -1.82. The third-order valence-corrected chi connectivity index (χ3v) is 9.59. The molecule has 0 radical (unpaired) electrons. The average molecular weight is 900 g/mol. The van der Waals surface area contributed by atoms with Gasteiger partial charge in [-0.05, 0) is 48.5 Å². The molecule has 0 fully saturated rings. The van der Waals surface area contributed by atoms with E-state index in [1.165, 1.54) is 14.3 Å². The molecule has 0 aliphatic heterocycles. The molecule has 0 amide bonds. The first-order valence-corrected chi connectivity index (χ1v) is 20.7. The van der Waals surface area contributed by atoms with Gasteiger partial charge in [0.2, 0.25) is 0 Å². The van der Waals surface area contributed by atoms with E-state index in [1.807, 2.05) is 0 Å². The topological polar surface area (TPSA) is 57.2 Å². The van der Waals surface area contributed by atoms with Gasteiger partial charge in [0, 0.05) is 0 Å². The van der Waals surface area contributed by atoms with Gasteiger partial charge in [-0.3, -0.25) is 0 Å². The summed E-state index contributed by atoms with van der Waals surface area (Å²) in [5, 5.41) is 0. The van der Waals surface area contributed by atoms with Gasteiger partial charge < -0.3 is 4.55 Å². The van der Waals surface area contributed by atoms with Crippen LogP contribution in [-0.2, 0) is 10.1 Å². The van der Waals surface area contributed by atoms with Crippen LogP contribution in [0, 0.1) is 14.3 Å². The van der Waals surface area contributed by atoms with Gasteiger partial charge >= 0.3 is 82.9 Å². The van der Waals surface area contributed by atoms with E-state index in [-0.39, 0.29) is 42.4 Å². The van der Waals surface area contributed by atoms with E-state index in [0.29, 0.717) is 0 Å². The second-order valence-electron chi connectivity index (χ2n) is 7.23. The average Bonchev–Trinajstić information content (AvgIpc) is 2.84. The molecule has 4 aromatic rings. The Balaban J connectivity index is 0.000000285. The fraction of sp³-hybridized carbons (Fsp3) is 0.0400. The predicted molar refractivity (Wildman–Crippen MR) is 129 cm³/mol. The normalized spacial score (nSPS) is 12.9. The summed E-state index contributed by atoms with van der Waals surface area (Å²) >= 11 is -11.0. The van der Waals surface area contributed by atoms with Crippen LogP contribution in [-0.4, -0.2) is 32.7 Å². The van der Waals surface area contributed by atoms with Gasteiger partial charge in [0.05, 0.1) is 0 Å². The maximum Gasteiger partial charge on any atom is 0.485 e. The van der Waals surface area contributed by atoms with Crippen molar-refractivity contribution in [3.8, 4) is 0 Å². The predicted octanol–water partition coefficient (Wildman–Crippen LogP) is 1.82. The summed E-state index contributed by atoms with van der Waals surface area (Å²) in [6.07, 6.45) is 0. The summed E-state index contributed by atoms with van der Waals surface area (Å²) in [6.45, 7) is 0. The molecule has 16 heteroatoms. The minimum atomic E-state index is -11.1. The monoisotopic (exact) mass is 900 g/mol. The summed E-state index contributed by atoms with van der Waals surface area (Å²) in [4.78, 5) is 0. The third kappa shape index (κ3) is 22.5. The van der Waals surface area contributed by atoms with Crippen molar-refractivity contribution in [1.82, 2.24) is 0 Å². The van der Waals surface area contributed by atoms with Gasteiger partial charge in [0.15, 0.2) is 24.4 Å². The van der Waals surface area contributed by atoms with E-state index in [4.69, 9.17) is 13.0 Å². The third-order valence-electron chi connectivity index (χ3n) is 3.65. The SMILES string of the molecule is F[As-](F)(F)(F)(F)F.O=S(=O)([O-])C(F)(F)F.c1ccc([I+]c2ccccc2)cc1.c1ccc([I+]c2ccccc2)cc1. The minimum Gasteiger partial charge on any atom is -0.741 e. The molecule has 0 N–H and O–H groups in total. The standard InChI is InChI=1S/2C12H10I.CHF3O3S.AsF6/c2*1-3-7-11(8-4-1)13-12-9-5-2-6-10-12;2-1(3,4)8(5,6)7;2-1(3,4,5,6)7/h2*1-10H;(H,5,6,7);/q2*+1;;-1/p-1. The first kappa shape index (κ1) is 37.2. The maximum atomic E-state index is 10.7. The second kappa shape index (κ2) is 15.1. The molecule has 0 aromatic heterocycles. The van der Waals surface area contributed by atoms with Gasteiger partial charge in [-0.25, -0.2) is 8.42 Å². The Morgan fingerprint density at radius 2 is 0.634 bits per heavy atom. The zero-order chi connectivity index (χ0) is 31.3. The molecule has 4 aromatic carbocycles. The molecule has 0 bridgehead atoms. The molecule has 0 atom stereocenters. The van der Waals surface area contributed by atoms with Gasteiger partial charge in [0.25, 0.3) is 0 Å². The van der Waals surface area contributed by atoms with Gasteiger partial charge in [-0.15, -0.1) is 0 Å². The van der Waals surface area contributed by atoms with Crippen LogP contribution in [0.25, 0.3) is 0 Å². The molecule has 226 valence electrons.